The molecule has 4 heteroatoms. The molecule has 0 heterocycles. The summed E-state index contributed by atoms with van der Waals surface area (Å²) in [5, 5.41) is 0.565. The van der Waals surface area contributed by atoms with Gasteiger partial charge in [0.15, 0.2) is 0 Å². The van der Waals surface area contributed by atoms with Gasteiger partial charge in [-0.1, -0.05) is 0 Å². The van der Waals surface area contributed by atoms with Crippen LogP contribution in [0, 0.1) is 0 Å². The number of halogens is 1. The summed E-state index contributed by atoms with van der Waals surface area (Å²) >= 11 is 0. The predicted molar refractivity (Wildman–Crippen MR) is 41.2 cm³/mol. The second-order valence-electron chi connectivity index (χ2n) is 1.40. The highest BCUT2D eigenvalue weighted by Crippen LogP contribution is 2.21. The van der Waals surface area contributed by atoms with E-state index in [0.717, 1.165) is 0 Å². The van der Waals surface area contributed by atoms with Crippen LogP contribution in [0.25, 0.3) is 0 Å². The summed E-state index contributed by atoms with van der Waals surface area (Å²) in [5.74, 6) is -0.150. The predicted octanol–water partition coefficient (Wildman–Crippen LogP) is 1.22. The third kappa shape index (κ3) is 3.49. The van der Waals surface area contributed by atoms with E-state index >= 15 is 0 Å². The Morgan fingerprint density at radius 2 is 2.00 bits per heavy atom. The molecule has 0 aromatic rings. The maximum atomic E-state index is 12.3. The van der Waals surface area contributed by atoms with E-state index in [4.69, 9.17) is 5.73 Å². The molecule has 0 saturated carbocycles. The maximum Gasteiger partial charge on any atom is 0.108 e. The first kappa shape index (κ1) is 8.49. The Labute approximate surface area is 53.3 Å². The molecule has 2 unspecified atom stereocenters. The smallest absolute Gasteiger partial charge is 0.108 e. The quantitative estimate of drug-likeness (QED) is 0.593. The first-order valence-electron chi connectivity index (χ1n) is 2.28. The molecule has 0 aliphatic rings. The van der Waals surface area contributed by atoms with Gasteiger partial charge in [0.1, 0.15) is 5.83 Å². The Bertz CT molecular complexity index is 98.2. The Kier molecular flexibility index (Phi) is 4.64. The van der Waals surface area contributed by atoms with Crippen LogP contribution >= 0.6 is 18.5 Å². The van der Waals surface area contributed by atoms with Gasteiger partial charge in [-0.25, -0.2) is 4.39 Å². The van der Waals surface area contributed by atoms with E-state index < -0.39 is 0 Å². The number of hydrogen-bond donors (Lipinski definition) is 1. The zero-order chi connectivity index (χ0) is 6.57. The molecule has 0 aromatic carbocycles. The average molecular weight is 153 g/mol. The molecule has 0 bridgehead atoms. The third-order valence-corrected chi connectivity index (χ3v) is 1.30. The molecule has 0 amide bonds. The molecule has 8 heavy (non-hydrogen) atoms. The minimum atomic E-state index is -0.150. The fourth-order valence-electron chi connectivity index (χ4n) is 0.271. The lowest BCUT2D eigenvalue weighted by Crippen LogP contribution is -1.97. The number of rotatable bonds is 2. The summed E-state index contributed by atoms with van der Waals surface area (Å²) < 4.78 is 12.3. The average Bonchev–Trinajstić information content (AvgIpc) is 1.67. The van der Waals surface area contributed by atoms with Crippen molar-refractivity contribution in [2.45, 2.75) is 6.42 Å². The molecule has 48 valence electrons. The Hall–Kier alpha value is 0.490. The summed E-state index contributed by atoms with van der Waals surface area (Å²) in [6.45, 7) is 0.373. The molecule has 0 aromatic heterocycles. The molecule has 0 rings (SSSR count). The van der Waals surface area contributed by atoms with Crippen molar-refractivity contribution in [1.29, 1.82) is 0 Å². The maximum absolute atomic E-state index is 12.3. The van der Waals surface area contributed by atoms with Crippen LogP contribution in [-0.4, -0.2) is 6.54 Å². The normalized spacial score (nSPS) is 9.00. The van der Waals surface area contributed by atoms with Gasteiger partial charge in [0.05, 0.1) is 0 Å². The Morgan fingerprint density at radius 3 is 2.12 bits per heavy atom. The molecule has 0 aliphatic heterocycles. The van der Waals surface area contributed by atoms with E-state index in [9.17, 15) is 4.39 Å². The van der Waals surface area contributed by atoms with Gasteiger partial charge in [-0.15, -0.1) is 18.5 Å². The molecule has 0 spiro atoms. The highest BCUT2D eigenvalue weighted by molar-refractivity contribution is 7.45. The van der Waals surface area contributed by atoms with E-state index in [0.29, 0.717) is 18.0 Å². The summed E-state index contributed by atoms with van der Waals surface area (Å²) in [6.07, 6.45) is 0.336. The van der Waals surface area contributed by atoms with E-state index in [-0.39, 0.29) is 5.83 Å². The molecule has 0 fully saturated rings. The van der Waals surface area contributed by atoms with Crippen LogP contribution < -0.4 is 5.73 Å². The lowest BCUT2D eigenvalue weighted by Gasteiger charge is -1.93. The lowest BCUT2D eigenvalue weighted by molar-refractivity contribution is 0.593. The fourth-order valence-corrected chi connectivity index (χ4v) is 0.560. The molecule has 2 N–H and O–H groups in total. The van der Waals surface area contributed by atoms with Crippen LogP contribution in [-0.2, 0) is 0 Å². The standard InChI is InChI=1S/C4H10FNP2/c5-3(1-2-6)4(7)8/h1-2,6-8H2. The van der Waals surface area contributed by atoms with Gasteiger partial charge in [-0.05, 0) is 11.6 Å². The Morgan fingerprint density at radius 1 is 1.50 bits per heavy atom. The van der Waals surface area contributed by atoms with Crippen molar-refractivity contribution >= 4 is 18.5 Å². The summed E-state index contributed by atoms with van der Waals surface area (Å²) in [4.78, 5) is 0. The van der Waals surface area contributed by atoms with Crippen molar-refractivity contribution in [1.82, 2.24) is 0 Å². The summed E-state index contributed by atoms with van der Waals surface area (Å²) in [5.41, 5.74) is 5.07. The van der Waals surface area contributed by atoms with Crippen molar-refractivity contribution in [3.63, 3.8) is 0 Å². The van der Waals surface area contributed by atoms with Crippen molar-refractivity contribution in [3.05, 3.63) is 10.9 Å². The molecular formula is C4H10FNP2. The second kappa shape index (κ2) is 4.38. The minimum absolute atomic E-state index is 0.150. The highest BCUT2D eigenvalue weighted by Gasteiger charge is 1.93. The molecule has 0 aliphatic carbocycles. The van der Waals surface area contributed by atoms with Crippen LogP contribution in [0.4, 0.5) is 4.39 Å². The zero-order valence-corrected chi connectivity index (χ0v) is 6.83. The van der Waals surface area contributed by atoms with E-state index in [2.05, 4.69) is 18.5 Å². The highest BCUT2D eigenvalue weighted by atomic mass is 31.1. The first-order chi connectivity index (χ1) is 3.68. The van der Waals surface area contributed by atoms with Gasteiger partial charge < -0.3 is 5.73 Å². The zero-order valence-electron chi connectivity index (χ0n) is 4.52. The molecule has 0 radical (unpaired) electrons. The molecule has 1 nitrogen and oxygen atoms in total. The number of hydrogen-bond acceptors (Lipinski definition) is 1. The minimum Gasteiger partial charge on any atom is -0.330 e. The second-order valence-corrected chi connectivity index (χ2v) is 3.31. The molecule has 2 atom stereocenters. The monoisotopic (exact) mass is 153 g/mol. The van der Waals surface area contributed by atoms with Gasteiger partial charge in [-0.3, -0.25) is 0 Å². The summed E-state index contributed by atoms with van der Waals surface area (Å²) in [7, 11) is 4.52. The van der Waals surface area contributed by atoms with Gasteiger partial charge in [0.2, 0.25) is 0 Å². The fraction of sp³-hybridized carbons (Fsp3) is 0.500. The van der Waals surface area contributed by atoms with E-state index in [1.165, 1.54) is 0 Å². The van der Waals surface area contributed by atoms with Gasteiger partial charge in [-0.2, -0.15) is 0 Å². The first-order valence-corrected chi connectivity index (χ1v) is 3.43. The van der Waals surface area contributed by atoms with Gasteiger partial charge in [0, 0.05) is 6.42 Å². The third-order valence-electron chi connectivity index (χ3n) is 0.677. The van der Waals surface area contributed by atoms with Crippen molar-refractivity contribution in [2.24, 2.45) is 5.73 Å². The van der Waals surface area contributed by atoms with Crippen molar-refractivity contribution in [2.75, 3.05) is 6.54 Å². The van der Waals surface area contributed by atoms with Crippen LogP contribution in [0.3, 0.4) is 0 Å². The van der Waals surface area contributed by atoms with E-state index in [1.54, 1.807) is 0 Å². The van der Waals surface area contributed by atoms with Crippen LogP contribution in [0.15, 0.2) is 10.9 Å². The molecular weight excluding hydrogens is 143 g/mol. The lowest BCUT2D eigenvalue weighted by atomic mass is 10.4. The molecule has 0 saturated heterocycles. The van der Waals surface area contributed by atoms with Gasteiger partial charge >= 0.3 is 0 Å². The van der Waals surface area contributed by atoms with Crippen LogP contribution in [0.5, 0.6) is 0 Å². The van der Waals surface area contributed by atoms with Gasteiger partial charge in [0.25, 0.3) is 0 Å². The van der Waals surface area contributed by atoms with Crippen LogP contribution in [0.1, 0.15) is 6.42 Å². The summed E-state index contributed by atoms with van der Waals surface area (Å²) in [6, 6.07) is 0. The van der Waals surface area contributed by atoms with Crippen molar-refractivity contribution < 1.29 is 4.39 Å². The Balaban J connectivity index is 3.62. The van der Waals surface area contributed by atoms with Crippen molar-refractivity contribution in [3.8, 4) is 0 Å². The largest absolute Gasteiger partial charge is 0.330 e. The number of nitrogens with two attached hydrogens (primary N) is 1. The SMILES string of the molecule is NCCC(F)=C(P)P. The van der Waals surface area contributed by atoms with E-state index in [1.807, 2.05) is 0 Å². The van der Waals surface area contributed by atoms with Crippen LogP contribution in [0.2, 0.25) is 0 Å². The topological polar surface area (TPSA) is 26.0 Å².